The summed E-state index contributed by atoms with van der Waals surface area (Å²) in [5.74, 6) is 0.573. The molecule has 0 heterocycles. The van der Waals surface area contributed by atoms with Gasteiger partial charge in [0.25, 0.3) is 0 Å². The Kier molecular flexibility index (Phi) is 5.37. The van der Waals surface area contributed by atoms with E-state index in [1.807, 2.05) is 0 Å². The summed E-state index contributed by atoms with van der Waals surface area (Å²) in [7, 11) is 0. The number of fused-ring (bicyclic) bond motifs is 2. The molecule has 130 valence electrons. The number of carbonyl (C=O) groups excluding carboxylic acids is 1. The molecule has 0 saturated heterocycles. The van der Waals surface area contributed by atoms with Gasteiger partial charge in [-0.1, -0.05) is 67.6 Å². The minimum Gasteiger partial charge on any atom is -0.425 e. The predicted octanol–water partition coefficient (Wildman–Crippen LogP) is 6.49. The summed E-state index contributed by atoms with van der Waals surface area (Å²) in [5, 5.41) is 4.24. The number of ether oxygens (including phenoxy) is 1. The molecule has 0 fully saturated rings. The van der Waals surface area contributed by atoms with Crippen molar-refractivity contribution >= 4 is 27.5 Å². The van der Waals surface area contributed by atoms with Crippen molar-refractivity contribution in [3.05, 3.63) is 53.6 Å². The predicted molar refractivity (Wildman–Crippen MR) is 105 cm³/mol. The molecule has 0 aliphatic heterocycles. The van der Waals surface area contributed by atoms with E-state index in [0.717, 1.165) is 34.4 Å². The van der Waals surface area contributed by atoms with E-state index in [9.17, 15) is 4.79 Å². The molecule has 2 heteroatoms. The fraction of sp³-hybridized carbons (Fsp3) is 0.348. The first-order chi connectivity index (χ1) is 12.1. The second kappa shape index (κ2) is 7.69. The third-order valence-corrected chi connectivity index (χ3v) is 4.67. The van der Waals surface area contributed by atoms with Crippen molar-refractivity contribution in [2.24, 2.45) is 0 Å². The maximum absolute atomic E-state index is 12.4. The van der Waals surface area contributed by atoms with Crippen LogP contribution in [0.15, 0.2) is 42.5 Å². The number of carbonyl (C=O) groups is 1. The Bertz CT molecular complexity index is 909. The fourth-order valence-corrected chi connectivity index (χ4v) is 3.28. The van der Waals surface area contributed by atoms with Gasteiger partial charge in [-0.25, -0.2) is 0 Å². The van der Waals surface area contributed by atoms with Crippen LogP contribution >= 0.6 is 0 Å². The van der Waals surface area contributed by atoms with Crippen LogP contribution in [0.4, 0.5) is 0 Å². The Balaban J connectivity index is 2.00. The van der Waals surface area contributed by atoms with Gasteiger partial charge in [-0.3, -0.25) is 4.79 Å². The molecular formula is C23H26O2. The summed E-state index contributed by atoms with van der Waals surface area (Å²) < 4.78 is 5.88. The highest BCUT2D eigenvalue weighted by molar-refractivity contribution is 6.06. The lowest BCUT2D eigenvalue weighted by atomic mass is 9.99. The largest absolute Gasteiger partial charge is 0.425 e. The second-order valence-electron chi connectivity index (χ2n) is 6.94. The fourth-order valence-electron chi connectivity index (χ4n) is 3.28. The van der Waals surface area contributed by atoms with Crippen LogP contribution in [0.2, 0.25) is 0 Å². The van der Waals surface area contributed by atoms with Crippen LogP contribution in [0.5, 0.6) is 5.75 Å². The van der Waals surface area contributed by atoms with Gasteiger partial charge in [-0.2, -0.15) is 0 Å². The first kappa shape index (κ1) is 17.5. The van der Waals surface area contributed by atoms with Gasteiger partial charge in [0, 0.05) is 17.2 Å². The molecule has 25 heavy (non-hydrogen) atoms. The monoisotopic (exact) mass is 334 g/mol. The van der Waals surface area contributed by atoms with E-state index in [4.69, 9.17) is 4.74 Å². The Morgan fingerprint density at radius 1 is 0.840 bits per heavy atom. The number of hydrogen-bond acceptors (Lipinski definition) is 2. The van der Waals surface area contributed by atoms with Crippen LogP contribution in [0, 0.1) is 13.8 Å². The zero-order valence-electron chi connectivity index (χ0n) is 15.4. The zero-order valence-corrected chi connectivity index (χ0v) is 15.4. The second-order valence-corrected chi connectivity index (χ2v) is 6.94. The zero-order chi connectivity index (χ0) is 17.8. The Morgan fingerprint density at radius 3 is 2.40 bits per heavy atom. The van der Waals surface area contributed by atoms with E-state index in [1.54, 1.807) is 0 Å². The summed E-state index contributed by atoms with van der Waals surface area (Å²) in [5.41, 5.74) is 2.37. The van der Waals surface area contributed by atoms with Crippen LogP contribution in [-0.4, -0.2) is 5.97 Å². The molecule has 0 atom stereocenters. The lowest BCUT2D eigenvalue weighted by Crippen LogP contribution is -2.08. The quantitative estimate of drug-likeness (QED) is 0.223. The average molecular weight is 334 g/mol. The highest BCUT2D eigenvalue weighted by Gasteiger charge is 2.13. The van der Waals surface area contributed by atoms with E-state index in [0.29, 0.717) is 12.2 Å². The number of esters is 1. The standard InChI is InChI=1S/C23H26O2/c1-4-5-6-7-8-22(24)25-23-20-12-10-16(2)13-19(20)15-18-11-9-17(3)14-21(18)23/h9-15H,4-8H2,1-3H3. The molecule has 0 N–H and O–H groups in total. The smallest absolute Gasteiger partial charge is 0.311 e. The molecule has 0 unspecified atom stereocenters. The van der Waals surface area contributed by atoms with Crippen molar-refractivity contribution in [2.75, 3.05) is 0 Å². The molecule has 0 radical (unpaired) electrons. The first-order valence-electron chi connectivity index (χ1n) is 9.23. The lowest BCUT2D eigenvalue weighted by Gasteiger charge is -2.13. The van der Waals surface area contributed by atoms with Crippen LogP contribution in [-0.2, 0) is 4.79 Å². The van der Waals surface area contributed by atoms with E-state index < -0.39 is 0 Å². The lowest BCUT2D eigenvalue weighted by molar-refractivity contribution is -0.134. The molecule has 3 aromatic rings. The van der Waals surface area contributed by atoms with E-state index >= 15 is 0 Å². The summed E-state index contributed by atoms with van der Waals surface area (Å²) in [6.07, 6.45) is 4.80. The van der Waals surface area contributed by atoms with Gasteiger partial charge < -0.3 is 4.74 Å². The van der Waals surface area contributed by atoms with Crippen LogP contribution < -0.4 is 4.74 Å². The highest BCUT2D eigenvalue weighted by atomic mass is 16.5. The maximum Gasteiger partial charge on any atom is 0.311 e. The molecule has 0 bridgehead atoms. The van der Waals surface area contributed by atoms with Gasteiger partial charge in [-0.15, -0.1) is 0 Å². The maximum atomic E-state index is 12.4. The van der Waals surface area contributed by atoms with E-state index in [1.165, 1.54) is 24.0 Å². The molecule has 0 spiro atoms. The SMILES string of the molecule is CCCCCCC(=O)Oc1c2ccc(C)cc2cc2ccc(C)cc12. The minimum absolute atomic E-state index is 0.132. The topological polar surface area (TPSA) is 26.3 Å². The van der Waals surface area contributed by atoms with Gasteiger partial charge in [0.1, 0.15) is 5.75 Å². The summed E-state index contributed by atoms with van der Waals surface area (Å²) in [6, 6.07) is 14.8. The number of benzene rings is 3. The van der Waals surface area contributed by atoms with Crippen LogP contribution in [0.3, 0.4) is 0 Å². The molecule has 2 nitrogen and oxygen atoms in total. The first-order valence-corrected chi connectivity index (χ1v) is 9.23. The number of aryl methyl sites for hydroxylation is 2. The van der Waals surface area contributed by atoms with Gasteiger partial charge in [0.15, 0.2) is 0 Å². The third-order valence-electron chi connectivity index (χ3n) is 4.67. The van der Waals surface area contributed by atoms with Gasteiger partial charge in [-0.05, 0) is 43.2 Å². The van der Waals surface area contributed by atoms with Crippen molar-refractivity contribution in [2.45, 2.75) is 52.9 Å². The van der Waals surface area contributed by atoms with Crippen molar-refractivity contribution in [3.8, 4) is 5.75 Å². The van der Waals surface area contributed by atoms with Crippen molar-refractivity contribution in [1.82, 2.24) is 0 Å². The van der Waals surface area contributed by atoms with Crippen LogP contribution in [0.25, 0.3) is 21.5 Å². The van der Waals surface area contributed by atoms with Gasteiger partial charge in [0.05, 0.1) is 0 Å². The number of unbranched alkanes of at least 4 members (excludes halogenated alkanes) is 3. The number of rotatable bonds is 6. The molecule has 0 aliphatic carbocycles. The van der Waals surface area contributed by atoms with Crippen LogP contribution in [0.1, 0.15) is 50.2 Å². The van der Waals surface area contributed by atoms with Gasteiger partial charge in [0.2, 0.25) is 0 Å². The molecule has 0 amide bonds. The molecule has 0 saturated carbocycles. The Labute approximate surface area is 149 Å². The third kappa shape index (κ3) is 4.01. The number of hydrogen-bond donors (Lipinski definition) is 0. The van der Waals surface area contributed by atoms with Crippen molar-refractivity contribution < 1.29 is 9.53 Å². The summed E-state index contributed by atoms with van der Waals surface area (Å²) >= 11 is 0. The summed E-state index contributed by atoms with van der Waals surface area (Å²) in [4.78, 5) is 12.4. The van der Waals surface area contributed by atoms with Crippen molar-refractivity contribution in [1.29, 1.82) is 0 Å². The molecule has 0 aliphatic rings. The van der Waals surface area contributed by atoms with Crippen molar-refractivity contribution in [3.63, 3.8) is 0 Å². The molecule has 0 aromatic heterocycles. The normalized spacial score (nSPS) is 11.2. The molecule has 3 rings (SSSR count). The van der Waals surface area contributed by atoms with E-state index in [2.05, 4.69) is 63.2 Å². The summed E-state index contributed by atoms with van der Waals surface area (Å²) in [6.45, 7) is 6.32. The molecular weight excluding hydrogens is 308 g/mol. The van der Waals surface area contributed by atoms with Gasteiger partial charge >= 0.3 is 5.97 Å². The Hall–Kier alpha value is -2.35. The minimum atomic E-state index is -0.132. The Morgan fingerprint density at radius 2 is 1.60 bits per heavy atom. The molecule has 3 aromatic carbocycles. The highest BCUT2D eigenvalue weighted by Crippen LogP contribution is 2.36. The van der Waals surface area contributed by atoms with E-state index in [-0.39, 0.29) is 5.97 Å². The average Bonchev–Trinajstić information content (AvgIpc) is 2.59.